The molecule has 0 aliphatic rings. The molecule has 0 radical (unpaired) electrons. The van der Waals surface area contributed by atoms with Gasteiger partial charge < -0.3 is 15.0 Å². The molecule has 0 bridgehead atoms. The average molecular weight is 490 g/mol. The zero-order valence-corrected chi connectivity index (χ0v) is 21.6. The van der Waals surface area contributed by atoms with Gasteiger partial charge in [-0.25, -0.2) is 8.42 Å². The maximum absolute atomic E-state index is 13.5. The molecule has 2 aromatic rings. The third-order valence-electron chi connectivity index (χ3n) is 5.50. The first-order chi connectivity index (χ1) is 16.0. The van der Waals surface area contributed by atoms with Crippen LogP contribution >= 0.6 is 0 Å². The number of hydrogen-bond acceptors (Lipinski definition) is 5. The van der Waals surface area contributed by atoms with Crippen LogP contribution in [0.3, 0.4) is 0 Å². The Hall–Kier alpha value is -3.07. The van der Waals surface area contributed by atoms with Gasteiger partial charge in [-0.3, -0.25) is 13.9 Å². The molecule has 186 valence electrons. The number of hydrogen-bond donors (Lipinski definition) is 1. The van der Waals surface area contributed by atoms with Gasteiger partial charge in [0.15, 0.2) is 0 Å². The van der Waals surface area contributed by atoms with Crippen LogP contribution in [0.2, 0.25) is 0 Å². The molecule has 2 rings (SSSR count). The lowest BCUT2D eigenvalue weighted by molar-refractivity contribution is -0.139. The average Bonchev–Trinajstić information content (AvgIpc) is 2.78. The molecule has 9 heteroatoms. The van der Waals surface area contributed by atoms with Gasteiger partial charge in [0, 0.05) is 13.1 Å². The van der Waals surface area contributed by atoms with Gasteiger partial charge >= 0.3 is 0 Å². The molecule has 1 atom stereocenters. The van der Waals surface area contributed by atoms with Crippen molar-refractivity contribution in [1.82, 2.24) is 10.2 Å². The molecule has 0 unspecified atom stereocenters. The quantitative estimate of drug-likeness (QED) is 0.523. The Morgan fingerprint density at radius 3 is 2.41 bits per heavy atom. The third kappa shape index (κ3) is 7.21. The highest BCUT2D eigenvalue weighted by molar-refractivity contribution is 7.92. The summed E-state index contributed by atoms with van der Waals surface area (Å²) in [5.41, 5.74) is 2.93. The fraction of sp³-hybridized carbons (Fsp3) is 0.440. The summed E-state index contributed by atoms with van der Waals surface area (Å²) in [6, 6.07) is 11.8. The highest BCUT2D eigenvalue weighted by atomic mass is 32.2. The SMILES string of the molecule is CCCNC(=O)[C@@H](C)N(Cc1cccc(OC)c1)C(=O)CN(c1ccc(C)cc1C)S(C)(=O)=O. The number of rotatable bonds is 11. The highest BCUT2D eigenvalue weighted by Crippen LogP contribution is 2.24. The molecule has 0 aliphatic heterocycles. The Bertz CT molecular complexity index is 1120. The summed E-state index contributed by atoms with van der Waals surface area (Å²) < 4.78 is 31.7. The van der Waals surface area contributed by atoms with E-state index in [0.29, 0.717) is 18.0 Å². The molecule has 2 amide bonds. The molecular formula is C25H35N3O5S. The van der Waals surface area contributed by atoms with E-state index in [2.05, 4.69) is 5.32 Å². The molecule has 0 aromatic heterocycles. The number of carbonyl (C=O) groups is 2. The molecule has 8 nitrogen and oxygen atoms in total. The van der Waals surface area contributed by atoms with E-state index in [1.54, 1.807) is 51.3 Å². The van der Waals surface area contributed by atoms with Crippen LogP contribution in [0.5, 0.6) is 5.75 Å². The predicted octanol–water partition coefficient (Wildman–Crippen LogP) is 3.02. The molecule has 0 heterocycles. The van der Waals surface area contributed by atoms with Crippen LogP contribution in [0.4, 0.5) is 5.69 Å². The van der Waals surface area contributed by atoms with Crippen molar-refractivity contribution in [3.8, 4) is 5.75 Å². The zero-order chi connectivity index (χ0) is 25.5. The molecule has 0 fully saturated rings. The van der Waals surface area contributed by atoms with Gasteiger partial charge in [-0.2, -0.15) is 0 Å². The fourth-order valence-electron chi connectivity index (χ4n) is 3.63. The van der Waals surface area contributed by atoms with Crippen molar-refractivity contribution < 1.29 is 22.7 Å². The van der Waals surface area contributed by atoms with Crippen LogP contribution in [0, 0.1) is 13.8 Å². The maximum atomic E-state index is 13.5. The van der Waals surface area contributed by atoms with Crippen molar-refractivity contribution in [3.05, 3.63) is 59.2 Å². The first-order valence-electron chi connectivity index (χ1n) is 11.2. The Kier molecular flexibility index (Phi) is 9.49. The Morgan fingerprint density at radius 1 is 1.12 bits per heavy atom. The van der Waals surface area contributed by atoms with E-state index in [4.69, 9.17) is 4.74 Å². The number of anilines is 1. The van der Waals surface area contributed by atoms with Crippen LogP contribution in [-0.2, 0) is 26.2 Å². The number of ether oxygens (including phenoxy) is 1. The zero-order valence-electron chi connectivity index (χ0n) is 20.8. The fourth-order valence-corrected chi connectivity index (χ4v) is 4.53. The summed E-state index contributed by atoms with van der Waals surface area (Å²) in [6.45, 7) is 7.50. The number of nitrogens with zero attached hydrogens (tertiary/aromatic N) is 2. The second-order valence-electron chi connectivity index (χ2n) is 8.40. The van der Waals surface area contributed by atoms with Crippen molar-refractivity contribution in [1.29, 1.82) is 0 Å². The third-order valence-corrected chi connectivity index (χ3v) is 6.63. The van der Waals surface area contributed by atoms with E-state index < -0.39 is 28.5 Å². The van der Waals surface area contributed by atoms with Crippen LogP contribution in [0.25, 0.3) is 0 Å². The van der Waals surface area contributed by atoms with Crippen molar-refractivity contribution in [2.75, 3.05) is 30.8 Å². The lowest BCUT2D eigenvalue weighted by Gasteiger charge is -2.32. The van der Waals surface area contributed by atoms with E-state index >= 15 is 0 Å². The van der Waals surface area contributed by atoms with E-state index in [1.807, 2.05) is 26.0 Å². The van der Waals surface area contributed by atoms with Gasteiger partial charge in [0.2, 0.25) is 21.8 Å². The summed E-state index contributed by atoms with van der Waals surface area (Å²) in [6.07, 6.45) is 1.83. The smallest absolute Gasteiger partial charge is 0.244 e. The molecule has 0 saturated heterocycles. The summed E-state index contributed by atoms with van der Waals surface area (Å²) in [5.74, 6) is -0.149. The maximum Gasteiger partial charge on any atom is 0.244 e. The molecule has 0 saturated carbocycles. The van der Waals surface area contributed by atoms with Crippen molar-refractivity contribution >= 4 is 27.5 Å². The lowest BCUT2D eigenvalue weighted by atomic mass is 10.1. The largest absolute Gasteiger partial charge is 0.497 e. The first-order valence-corrected chi connectivity index (χ1v) is 13.1. The first kappa shape index (κ1) is 27.2. The Labute approximate surface area is 202 Å². The Balaban J connectivity index is 2.42. The molecular weight excluding hydrogens is 454 g/mol. The lowest BCUT2D eigenvalue weighted by Crippen LogP contribution is -2.51. The van der Waals surface area contributed by atoms with Crippen LogP contribution in [-0.4, -0.2) is 57.6 Å². The number of nitrogens with one attached hydrogen (secondary N) is 1. The molecule has 0 spiro atoms. The summed E-state index contributed by atoms with van der Waals surface area (Å²) in [5, 5.41) is 2.82. The minimum absolute atomic E-state index is 0.126. The minimum Gasteiger partial charge on any atom is -0.497 e. The van der Waals surface area contributed by atoms with Crippen molar-refractivity contribution in [3.63, 3.8) is 0 Å². The van der Waals surface area contributed by atoms with Crippen LogP contribution < -0.4 is 14.4 Å². The molecule has 1 N–H and O–H groups in total. The van der Waals surface area contributed by atoms with E-state index in [0.717, 1.165) is 33.7 Å². The van der Waals surface area contributed by atoms with Crippen molar-refractivity contribution in [2.45, 2.75) is 46.7 Å². The summed E-state index contributed by atoms with van der Waals surface area (Å²) in [4.78, 5) is 27.7. The normalized spacial score (nSPS) is 12.1. The monoisotopic (exact) mass is 489 g/mol. The highest BCUT2D eigenvalue weighted by Gasteiger charge is 2.30. The topological polar surface area (TPSA) is 96.0 Å². The van der Waals surface area contributed by atoms with E-state index in [-0.39, 0.29) is 12.5 Å². The van der Waals surface area contributed by atoms with Gasteiger partial charge in [0.05, 0.1) is 19.1 Å². The minimum atomic E-state index is -3.76. The summed E-state index contributed by atoms with van der Waals surface area (Å²) >= 11 is 0. The van der Waals surface area contributed by atoms with Gasteiger partial charge in [0.25, 0.3) is 0 Å². The summed E-state index contributed by atoms with van der Waals surface area (Å²) in [7, 11) is -2.21. The standard InChI is InChI=1S/C25H35N3O5S/c1-7-13-26-25(30)20(4)27(16-21-9-8-10-22(15-21)33-5)24(29)17-28(34(6,31)32)23-12-11-18(2)14-19(23)3/h8-12,14-15,20H,7,13,16-17H2,1-6H3,(H,26,30)/t20-/m1/s1. The number of sulfonamides is 1. The number of benzene rings is 2. The molecule has 34 heavy (non-hydrogen) atoms. The van der Waals surface area contributed by atoms with Gasteiger partial charge in [0.1, 0.15) is 18.3 Å². The van der Waals surface area contributed by atoms with Crippen LogP contribution in [0.15, 0.2) is 42.5 Å². The number of carbonyl (C=O) groups excluding carboxylic acids is 2. The molecule has 2 aromatic carbocycles. The van der Waals surface area contributed by atoms with Gasteiger partial charge in [-0.05, 0) is 56.5 Å². The number of amides is 2. The van der Waals surface area contributed by atoms with Gasteiger partial charge in [-0.1, -0.05) is 36.8 Å². The van der Waals surface area contributed by atoms with Crippen molar-refractivity contribution in [2.24, 2.45) is 0 Å². The number of aryl methyl sites for hydroxylation is 2. The van der Waals surface area contributed by atoms with Gasteiger partial charge in [-0.15, -0.1) is 0 Å². The predicted molar refractivity (Wildman–Crippen MR) is 134 cm³/mol. The molecule has 0 aliphatic carbocycles. The Morgan fingerprint density at radius 2 is 1.82 bits per heavy atom. The second kappa shape index (κ2) is 11.9. The second-order valence-corrected chi connectivity index (χ2v) is 10.3. The van der Waals surface area contributed by atoms with E-state index in [9.17, 15) is 18.0 Å². The number of methoxy groups -OCH3 is 1. The van der Waals surface area contributed by atoms with Crippen LogP contribution in [0.1, 0.15) is 37.0 Å². The van der Waals surface area contributed by atoms with E-state index in [1.165, 1.54) is 4.90 Å².